The molecule has 1 heterocycles. The summed E-state index contributed by atoms with van der Waals surface area (Å²) in [6.07, 6.45) is 0. The van der Waals surface area contributed by atoms with Crippen LogP contribution in [0.15, 0.2) is 36.4 Å². The molecule has 0 radical (unpaired) electrons. The van der Waals surface area contributed by atoms with Crippen molar-refractivity contribution >= 4 is 39.9 Å². The number of thiocarbonyl (C=S) groups is 1. The summed E-state index contributed by atoms with van der Waals surface area (Å²) in [4.78, 5) is 2.38. The first-order valence-electron chi connectivity index (χ1n) is 6.45. The molecule has 0 unspecified atom stereocenters. The number of nitrogens with one attached hydrogen (secondary N) is 1. The van der Waals surface area contributed by atoms with Gasteiger partial charge >= 0.3 is 0 Å². The average Bonchev–Trinajstić information content (AvgIpc) is 2.49. The molecule has 2 aromatic rings. The maximum absolute atomic E-state index is 5.42. The zero-order valence-corrected chi connectivity index (χ0v) is 11.5. The number of hydrogen-bond acceptors (Lipinski definition) is 3. The number of fused-ring (bicyclic) bond motifs is 1. The Kier molecular flexibility index (Phi) is 3.62. The predicted octanol–water partition coefficient (Wildman–Crippen LogP) is 3.05. The van der Waals surface area contributed by atoms with Crippen molar-refractivity contribution in [1.29, 1.82) is 0 Å². The van der Waals surface area contributed by atoms with Crippen LogP contribution in [-0.4, -0.2) is 31.8 Å². The Hall–Kier alpha value is -1.65. The molecule has 0 atom stereocenters. The van der Waals surface area contributed by atoms with E-state index in [9.17, 15) is 0 Å². The molecule has 4 heteroatoms. The number of hydrogen-bond donors (Lipinski definition) is 1. The van der Waals surface area contributed by atoms with Crippen LogP contribution >= 0.6 is 12.2 Å². The zero-order chi connectivity index (χ0) is 13.1. The summed E-state index contributed by atoms with van der Waals surface area (Å²) in [6, 6.07) is 12.7. The standard InChI is InChI=1S/C15H16N2OS/c19-11-16-14-5-6-15(17-7-9-18-10-8-17)13-4-2-1-3-12(13)14/h1-6,11H,7-10H2,(H,16,19). The lowest BCUT2D eigenvalue weighted by Crippen LogP contribution is -2.36. The molecule has 1 N–H and O–H groups in total. The maximum Gasteiger partial charge on any atom is 0.0659 e. The smallest absolute Gasteiger partial charge is 0.0659 e. The van der Waals surface area contributed by atoms with E-state index in [1.54, 1.807) is 5.49 Å². The van der Waals surface area contributed by atoms with Crippen LogP contribution in [0.25, 0.3) is 10.8 Å². The Morgan fingerprint density at radius 2 is 1.79 bits per heavy atom. The minimum atomic E-state index is 0.800. The second-order valence-electron chi connectivity index (χ2n) is 4.54. The second-order valence-corrected chi connectivity index (χ2v) is 4.78. The Bertz CT molecular complexity index is 594. The molecule has 0 saturated carbocycles. The van der Waals surface area contributed by atoms with Gasteiger partial charge in [0.25, 0.3) is 0 Å². The summed E-state index contributed by atoms with van der Waals surface area (Å²) in [5.41, 5.74) is 3.88. The molecule has 0 aromatic heterocycles. The van der Waals surface area contributed by atoms with Gasteiger partial charge < -0.3 is 15.0 Å². The topological polar surface area (TPSA) is 24.5 Å². The highest BCUT2D eigenvalue weighted by Crippen LogP contribution is 2.32. The zero-order valence-electron chi connectivity index (χ0n) is 10.6. The van der Waals surface area contributed by atoms with E-state index in [2.05, 4.69) is 46.6 Å². The van der Waals surface area contributed by atoms with Crippen LogP contribution in [0.2, 0.25) is 0 Å². The number of nitrogens with zero attached hydrogens (tertiary/aromatic N) is 1. The molecule has 98 valence electrons. The molecule has 0 bridgehead atoms. The minimum Gasteiger partial charge on any atom is -0.378 e. The van der Waals surface area contributed by atoms with Crippen molar-refractivity contribution in [3.05, 3.63) is 36.4 Å². The maximum atomic E-state index is 5.42. The van der Waals surface area contributed by atoms with Crippen molar-refractivity contribution in [3.8, 4) is 0 Å². The van der Waals surface area contributed by atoms with Gasteiger partial charge in [-0.3, -0.25) is 0 Å². The highest BCUT2D eigenvalue weighted by Gasteiger charge is 2.14. The molecule has 1 saturated heterocycles. The third-order valence-electron chi connectivity index (χ3n) is 3.47. The Morgan fingerprint density at radius 1 is 1.05 bits per heavy atom. The third-order valence-corrected chi connectivity index (χ3v) is 3.59. The number of anilines is 2. The lowest BCUT2D eigenvalue weighted by molar-refractivity contribution is 0.123. The van der Waals surface area contributed by atoms with Gasteiger partial charge in [0.05, 0.1) is 18.7 Å². The summed E-state index contributed by atoms with van der Waals surface area (Å²) in [6.45, 7) is 3.50. The van der Waals surface area contributed by atoms with Crippen molar-refractivity contribution in [1.82, 2.24) is 0 Å². The van der Waals surface area contributed by atoms with Crippen LogP contribution in [0.5, 0.6) is 0 Å². The molecule has 1 fully saturated rings. The van der Waals surface area contributed by atoms with Crippen molar-refractivity contribution in [2.45, 2.75) is 0 Å². The number of benzene rings is 2. The van der Waals surface area contributed by atoms with Crippen LogP contribution in [0.3, 0.4) is 0 Å². The minimum absolute atomic E-state index is 0.800. The van der Waals surface area contributed by atoms with Crippen molar-refractivity contribution in [3.63, 3.8) is 0 Å². The SMILES string of the molecule is S=CNc1ccc(N2CCOCC2)c2ccccc12. The molecule has 1 aliphatic heterocycles. The van der Waals surface area contributed by atoms with E-state index in [1.165, 1.54) is 16.5 Å². The molecule has 0 spiro atoms. The molecule has 3 nitrogen and oxygen atoms in total. The number of rotatable bonds is 3. The van der Waals surface area contributed by atoms with E-state index in [4.69, 9.17) is 17.0 Å². The molecule has 1 aliphatic rings. The van der Waals surface area contributed by atoms with Crippen LogP contribution < -0.4 is 10.2 Å². The van der Waals surface area contributed by atoms with E-state index >= 15 is 0 Å². The van der Waals surface area contributed by atoms with Gasteiger partial charge in [-0.1, -0.05) is 36.5 Å². The van der Waals surface area contributed by atoms with E-state index in [-0.39, 0.29) is 0 Å². The predicted molar refractivity (Wildman–Crippen MR) is 84.3 cm³/mol. The van der Waals surface area contributed by atoms with Gasteiger partial charge in [-0.2, -0.15) is 0 Å². The van der Waals surface area contributed by atoms with E-state index in [0.717, 1.165) is 32.0 Å². The van der Waals surface area contributed by atoms with Gasteiger partial charge in [-0.05, 0) is 12.1 Å². The number of morpholine rings is 1. The summed E-state index contributed by atoms with van der Waals surface area (Å²) in [5, 5.41) is 5.58. The van der Waals surface area contributed by atoms with Gasteiger partial charge in [0, 0.05) is 35.2 Å². The molecular weight excluding hydrogens is 256 g/mol. The highest BCUT2D eigenvalue weighted by molar-refractivity contribution is 7.79. The molecule has 19 heavy (non-hydrogen) atoms. The first-order chi connectivity index (χ1) is 9.40. The molecule has 0 aliphatic carbocycles. The Labute approximate surface area is 118 Å². The van der Waals surface area contributed by atoms with Gasteiger partial charge in [0.2, 0.25) is 0 Å². The van der Waals surface area contributed by atoms with Crippen LogP contribution in [0, 0.1) is 0 Å². The summed E-state index contributed by atoms with van der Waals surface area (Å²) >= 11 is 4.89. The lowest BCUT2D eigenvalue weighted by Gasteiger charge is -2.30. The number of ether oxygens (including phenoxy) is 1. The fraction of sp³-hybridized carbons (Fsp3) is 0.267. The lowest BCUT2D eigenvalue weighted by atomic mass is 10.1. The highest BCUT2D eigenvalue weighted by atomic mass is 32.1. The average molecular weight is 272 g/mol. The summed E-state index contributed by atoms with van der Waals surface area (Å²) in [7, 11) is 0. The van der Waals surface area contributed by atoms with Crippen molar-refractivity contribution in [2.24, 2.45) is 0 Å². The fourth-order valence-electron chi connectivity index (χ4n) is 2.55. The Balaban J connectivity index is 2.10. The first kappa shape index (κ1) is 12.4. The quantitative estimate of drug-likeness (QED) is 0.868. The summed E-state index contributed by atoms with van der Waals surface area (Å²) < 4.78 is 5.42. The van der Waals surface area contributed by atoms with Gasteiger partial charge in [-0.15, -0.1) is 0 Å². The largest absolute Gasteiger partial charge is 0.378 e. The van der Waals surface area contributed by atoms with Gasteiger partial charge in [0.15, 0.2) is 0 Å². The first-order valence-corrected chi connectivity index (χ1v) is 6.92. The normalized spacial score (nSPS) is 15.5. The van der Waals surface area contributed by atoms with Crippen molar-refractivity contribution in [2.75, 3.05) is 36.5 Å². The molecule has 3 rings (SSSR count). The fourth-order valence-corrected chi connectivity index (χ4v) is 2.68. The van der Waals surface area contributed by atoms with Gasteiger partial charge in [0.1, 0.15) is 0 Å². The van der Waals surface area contributed by atoms with E-state index in [1.807, 2.05) is 0 Å². The monoisotopic (exact) mass is 272 g/mol. The molecule has 0 amide bonds. The van der Waals surface area contributed by atoms with Gasteiger partial charge in [-0.25, -0.2) is 0 Å². The summed E-state index contributed by atoms with van der Waals surface area (Å²) in [5.74, 6) is 0. The van der Waals surface area contributed by atoms with Crippen LogP contribution in [0.1, 0.15) is 0 Å². The second kappa shape index (κ2) is 5.55. The van der Waals surface area contributed by atoms with Crippen LogP contribution in [-0.2, 0) is 4.74 Å². The Morgan fingerprint density at radius 3 is 2.53 bits per heavy atom. The van der Waals surface area contributed by atoms with Crippen molar-refractivity contribution < 1.29 is 4.74 Å². The van der Waals surface area contributed by atoms with E-state index < -0.39 is 0 Å². The third kappa shape index (κ3) is 2.41. The van der Waals surface area contributed by atoms with E-state index in [0.29, 0.717) is 0 Å². The molecule has 2 aromatic carbocycles. The van der Waals surface area contributed by atoms with Crippen LogP contribution in [0.4, 0.5) is 11.4 Å². The molecular formula is C15H16N2OS.